The molecule has 140 valence electrons. The van der Waals surface area contributed by atoms with Crippen LogP contribution in [0.4, 0.5) is 16.2 Å². The van der Waals surface area contributed by atoms with Gasteiger partial charge in [-0.25, -0.2) is 4.79 Å². The molecule has 1 aliphatic heterocycles. The second kappa shape index (κ2) is 8.03. The van der Waals surface area contributed by atoms with Crippen molar-refractivity contribution in [2.24, 2.45) is 0 Å². The minimum atomic E-state index is -0.173. The summed E-state index contributed by atoms with van der Waals surface area (Å²) < 4.78 is 0. The number of nitrogens with zero attached hydrogens (tertiary/aromatic N) is 2. The SMILES string of the molecule is CC(=O)c1cccc(NC(=O)N2CCN(c3cccc(C(C)=O)c3)CC2)c1. The van der Waals surface area contributed by atoms with E-state index in [1.807, 2.05) is 24.3 Å². The highest BCUT2D eigenvalue weighted by Crippen LogP contribution is 2.19. The molecule has 2 aromatic carbocycles. The monoisotopic (exact) mass is 365 g/mol. The molecule has 0 spiro atoms. The van der Waals surface area contributed by atoms with Crippen LogP contribution in [0.2, 0.25) is 0 Å². The van der Waals surface area contributed by atoms with Crippen molar-refractivity contribution in [2.45, 2.75) is 13.8 Å². The first-order valence-corrected chi connectivity index (χ1v) is 8.97. The minimum absolute atomic E-state index is 0.0347. The third kappa shape index (κ3) is 4.53. The van der Waals surface area contributed by atoms with Crippen LogP contribution in [0, 0.1) is 0 Å². The van der Waals surface area contributed by atoms with E-state index in [0.717, 1.165) is 5.69 Å². The van der Waals surface area contributed by atoms with Gasteiger partial charge in [-0.2, -0.15) is 0 Å². The first-order valence-electron chi connectivity index (χ1n) is 8.97. The zero-order valence-corrected chi connectivity index (χ0v) is 15.6. The Hall–Kier alpha value is -3.15. The van der Waals surface area contributed by atoms with E-state index in [1.54, 1.807) is 36.1 Å². The average molecular weight is 365 g/mol. The van der Waals surface area contributed by atoms with E-state index in [2.05, 4.69) is 10.2 Å². The zero-order chi connectivity index (χ0) is 19.4. The molecule has 1 saturated heterocycles. The normalized spacial score (nSPS) is 14.0. The molecule has 0 aromatic heterocycles. The van der Waals surface area contributed by atoms with Crippen LogP contribution in [-0.4, -0.2) is 48.7 Å². The zero-order valence-electron chi connectivity index (χ0n) is 15.6. The first kappa shape index (κ1) is 18.6. The molecule has 6 nitrogen and oxygen atoms in total. The van der Waals surface area contributed by atoms with Gasteiger partial charge in [-0.15, -0.1) is 0 Å². The molecule has 2 amide bonds. The van der Waals surface area contributed by atoms with Gasteiger partial charge in [0.15, 0.2) is 11.6 Å². The number of benzene rings is 2. The minimum Gasteiger partial charge on any atom is -0.368 e. The van der Waals surface area contributed by atoms with Crippen molar-refractivity contribution in [1.29, 1.82) is 0 Å². The molecule has 0 saturated carbocycles. The highest BCUT2D eigenvalue weighted by molar-refractivity contribution is 5.97. The summed E-state index contributed by atoms with van der Waals surface area (Å²) in [5, 5.41) is 2.86. The van der Waals surface area contributed by atoms with E-state index in [-0.39, 0.29) is 17.6 Å². The number of anilines is 2. The van der Waals surface area contributed by atoms with Crippen LogP contribution in [0.25, 0.3) is 0 Å². The summed E-state index contributed by atoms with van der Waals surface area (Å²) in [5.41, 5.74) is 2.88. The molecule has 0 aliphatic carbocycles. The number of ketones is 2. The lowest BCUT2D eigenvalue weighted by molar-refractivity contribution is 0.100. The number of hydrogen-bond acceptors (Lipinski definition) is 4. The molecule has 6 heteroatoms. The van der Waals surface area contributed by atoms with E-state index >= 15 is 0 Å². The Balaban J connectivity index is 1.59. The Bertz CT molecular complexity index is 870. The number of hydrogen-bond donors (Lipinski definition) is 1. The van der Waals surface area contributed by atoms with Gasteiger partial charge in [-0.05, 0) is 38.1 Å². The number of carbonyl (C=O) groups is 3. The molecule has 1 heterocycles. The van der Waals surface area contributed by atoms with Crippen molar-refractivity contribution >= 4 is 29.0 Å². The molecular formula is C21H23N3O3. The Morgan fingerprint density at radius 1 is 0.815 bits per heavy atom. The second-order valence-electron chi connectivity index (χ2n) is 6.65. The number of carbonyl (C=O) groups excluding carboxylic acids is 3. The summed E-state index contributed by atoms with van der Waals surface area (Å²) in [6.07, 6.45) is 0. The molecule has 1 fully saturated rings. The van der Waals surface area contributed by atoms with Gasteiger partial charge in [-0.3, -0.25) is 9.59 Å². The summed E-state index contributed by atoms with van der Waals surface area (Å²) >= 11 is 0. The first-order chi connectivity index (χ1) is 12.9. The Labute approximate surface area is 158 Å². The van der Waals surface area contributed by atoms with Crippen molar-refractivity contribution in [1.82, 2.24) is 4.90 Å². The predicted octanol–water partition coefficient (Wildman–Crippen LogP) is 3.45. The van der Waals surface area contributed by atoms with Crippen LogP contribution in [-0.2, 0) is 0 Å². The second-order valence-corrected chi connectivity index (χ2v) is 6.65. The van der Waals surface area contributed by atoms with Crippen LogP contribution in [0.5, 0.6) is 0 Å². The fraction of sp³-hybridized carbons (Fsp3) is 0.286. The van der Waals surface area contributed by atoms with Crippen LogP contribution >= 0.6 is 0 Å². The van der Waals surface area contributed by atoms with Gasteiger partial charge in [0.05, 0.1) is 0 Å². The van der Waals surface area contributed by atoms with Gasteiger partial charge in [0.2, 0.25) is 0 Å². The van der Waals surface area contributed by atoms with Gasteiger partial charge in [0.1, 0.15) is 0 Å². The number of Topliss-reactive ketones (excluding diaryl/α,β-unsaturated/α-hetero) is 2. The topological polar surface area (TPSA) is 69.7 Å². The van der Waals surface area contributed by atoms with Crippen LogP contribution in [0.3, 0.4) is 0 Å². The van der Waals surface area contributed by atoms with E-state index in [9.17, 15) is 14.4 Å². The highest BCUT2D eigenvalue weighted by atomic mass is 16.2. The number of rotatable bonds is 4. The van der Waals surface area contributed by atoms with Crippen LogP contribution in [0.1, 0.15) is 34.6 Å². The molecule has 0 radical (unpaired) electrons. The quantitative estimate of drug-likeness (QED) is 0.843. The lowest BCUT2D eigenvalue weighted by Crippen LogP contribution is -2.50. The molecule has 1 aliphatic rings. The molecule has 0 bridgehead atoms. The van der Waals surface area contributed by atoms with Crippen molar-refractivity contribution < 1.29 is 14.4 Å². The largest absolute Gasteiger partial charge is 0.368 e. The van der Waals surface area contributed by atoms with E-state index in [4.69, 9.17) is 0 Å². The average Bonchev–Trinajstić information content (AvgIpc) is 2.68. The van der Waals surface area contributed by atoms with Gasteiger partial charge < -0.3 is 15.1 Å². The van der Waals surface area contributed by atoms with Gasteiger partial charge in [0, 0.05) is 48.7 Å². The lowest BCUT2D eigenvalue weighted by atomic mass is 10.1. The molecule has 0 unspecified atom stereocenters. The maximum absolute atomic E-state index is 12.5. The fourth-order valence-electron chi connectivity index (χ4n) is 3.11. The van der Waals surface area contributed by atoms with Crippen molar-refractivity contribution in [3.8, 4) is 0 Å². The Morgan fingerprint density at radius 2 is 1.41 bits per heavy atom. The number of piperazine rings is 1. The number of urea groups is 1. The lowest BCUT2D eigenvalue weighted by Gasteiger charge is -2.36. The predicted molar refractivity (Wildman–Crippen MR) is 106 cm³/mol. The molecule has 2 aromatic rings. The summed E-state index contributed by atoms with van der Waals surface area (Å²) in [6.45, 7) is 5.62. The van der Waals surface area contributed by atoms with Gasteiger partial charge >= 0.3 is 6.03 Å². The third-order valence-corrected chi connectivity index (χ3v) is 4.71. The summed E-state index contributed by atoms with van der Waals surface area (Å²) in [4.78, 5) is 39.5. The third-order valence-electron chi connectivity index (χ3n) is 4.71. The highest BCUT2D eigenvalue weighted by Gasteiger charge is 2.21. The van der Waals surface area contributed by atoms with Gasteiger partial charge in [0.25, 0.3) is 0 Å². The summed E-state index contributed by atoms with van der Waals surface area (Å²) in [7, 11) is 0. The smallest absolute Gasteiger partial charge is 0.321 e. The van der Waals surface area contributed by atoms with Gasteiger partial charge in [-0.1, -0.05) is 24.3 Å². The molecule has 27 heavy (non-hydrogen) atoms. The fourth-order valence-corrected chi connectivity index (χ4v) is 3.11. The Morgan fingerprint density at radius 3 is 2.04 bits per heavy atom. The maximum Gasteiger partial charge on any atom is 0.321 e. The van der Waals surface area contributed by atoms with Crippen molar-refractivity contribution in [3.05, 3.63) is 59.7 Å². The van der Waals surface area contributed by atoms with Crippen LogP contribution in [0.15, 0.2) is 48.5 Å². The molecule has 0 atom stereocenters. The summed E-state index contributed by atoms with van der Waals surface area (Å²) in [6, 6.07) is 14.3. The van der Waals surface area contributed by atoms with Crippen molar-refractivity contribution in [2.75, 3.05) is 36.4 Å². The number of nitrogens with one attached hydrogen (secondary N) is 1. The molecular weight excluding hydrogens is 342 g/mol. The van der Waals surface area contributed by atoms with Crippen molar-refractivity contribution in [3.63, 3.8) is 0 Å². The summed E-state index contributed by atoms with van der Waals surface area (Å²) in [5.74, 6) is 0.00941. The van der Waals surface area contributed by atoms with E-state index in [1.165, 1.54) is 6.92 Å². The number of amides is 2. The molecule has 1 N–H and O–H groups in total. The van der Waals surface area contributed by atoms with E-state index in [0.29, 0.717) is 43.0 Å². The van der Waals surface area contributed by atoms with Crippen LogP contribution < -0.4 is 10.2 Å². The maximum atomic E-state index is 12.5. The molecule has 3 rings (SSSR count). The van der Waals surface area contributed by atoms with E-state index < -0.39 is 0 Å². The standard InChI is InChI=1S/C21H23N3O3/c1-15(25)17-5-3-7-19(13-17)22-21(27)24-11-9-23(10-12-24)20-8-4-6-18(14-20)16(2)26/h3-8,13-14H,9-12H2,1-2H3,(H,22,27). The Kier molecular flexibility index (Phi) is 5.54.